The zero-order valence-electron chi connectivity index (χ0n) is 8.87. The summed E-state index contributed by atoms with van der Waals surface area (Å²) < 4.78 is 12.9. The fraction of sp³-hybridized carbons (Fsp3) is 0.333. The Morgan fingerprint density at radius 1 is 1.60 bits per heavy atom. The molecule has 0 heterocycles. The van der Waals surface area contributed by atoms with Gasteiger partial charge in [0, 0.05) is 23.2 Å². The standard InChI is InChI=1S/C12H16FNS/c1-3-7-14-9-10(2)15-12-6-4-5-11(13)8-12/h3-6,8,10,14H,1,7,9H2,2H3. The van der Waals surface area contributed by atoms with E-state index in [1.54, 1.807) is 23.9 Å². The normalized spacial score (nSPS) is 12.4. The fourth-order valence-corrected chi connectivity index (χ4v) is 2.21. The van der Waals surface area contributed by atoms with Crippen LogP contribution in [0.1, 0.15) is 6.92 Å². The Labute approximate surface area is 94.8 Å². The first-order chi connectivity index (χ1) is 7.22. The first kappa shape index (κ1) is 12.3. The number of rotatable bonds is 6. The quantitative estimate of drug-likeness (QED) is 0.453. The van der Waals surface area contributed by atoms with Gasteiger partial charge in [-0.25, -0.2) is 4.39 Å². The van der Waals surface area contributed by atoms with Crippen molar-refractivity contribution in [2.24, 2.45) is 0 Å². The molecule has 1 aromatic rings. The number of hydrogen-bond donors (Lipinski definition) is 1. The van der Waals surface area contributed by atoms with Gasteiger partial charge in [0.1, 0.15) is 5.82 Å². The van der Waals surface area contributed by atoms with Crippen LogP contribution in [-0.2, 0) is 0 Å². The highest BCUT2D eigenvalue weighted by atomic mass is 32.2. The van der Waals surface area contributed by atoms with Crippen LogP contribution in [0.25, 0.3) is 0 Å². The molecule has 1 nitrogen and oxygen atoms in total. The SMILES string of the molecule is C=CCNCC(C)Sc1cccc(F)c1. The highest BCUT2D eigenvalue weighted by molar-refractivity contribution is 8.00. The molecule has 1 rings (SSSR count). The average molecular weight is 225 g/mol. The molecule has 0 aliphatic carbocycles. The van der Waals surface area contributed by atoms with Gasteiger partial charge in [-0.3, -0.25) is 0 Å². The molecule has 1 aromatic carbocycles. The third kappa shape index (κ3) is 5.00. The van der Waals surface area contributed by atoms with E-state index in [4.69, 9.17) is 0 Å². The lowest BCUT2D eigenvalue weighted by molar-refractivity contribution is 0.624. The second-order valence-corrected chi connectivity index (χ2v) is 4.84. The second kappa shape index (κ2) is 6.64. The minimum atomic E-state index is -0.175. The van der Waals surface area contributed by atoms with Crippen LogP contribution in [0.15, 0.2) is 41.8 Å². The first-order valence-corrected chi connectivity index (χ1v) is 5.84. The Morgan fingerprint density at radius 3 is 3.07 bits per heavy atom. The Morgan fingerprint density at radius 2 is 2.40 bits per heavy atom. The maximum Gasteiger partial charge on any atom is 0.124 e. The molecule has 0 aliphatic rings. The first-order valence-electron chi connectivity index (χ1n) is 4.96. The van der Waals surface area contributed by atoms with Gasteiger partial charge < -0.3 is 5.32 Å². The van der Waals surface area contributed by atoms with Crippen molar-refractivity contribution in [3.63, 3.8) is 0 Å². The summed E-state index contributed by atoms with van der Waals surface area (Å²) >= 11 is 1.67. The topological polar surface area (TPSA) is 12.0 Å². The van der Waals surface area contributed by atoms with Crippen molar-refractivity contribution >= 4 is 11.8 Å². The summed E-state index contributed by atoms with van der Waals surface area (Å²) in [6.07, 6.45) is 1.83. The lowest BCUT2D eigenvalue weighted by atomic mass is 10.3. The van der Waals surface area contributed by atoms with Crippen molar-refractivity contribution < 1.29 is 4.39 Å². The molecule has 0 saturated carbocycles. The van der Waals surface area contributed by atoms with E-state index < -0.39 is 0 Å². The third-order valence-corrected chi connectivity index (χ3v) is 2.95. The number of thioether (sulfide) groups is 1. The predicted octanol–water partition coefficient (Wildman–Crippen LogP) is 3.08. The second-order valence-electron chi connectivity index (χ2n) is 3.33. The summed E-state index contributed by atoms with van der Waals surface area (Å²) in [5.74, 6) is -0.175. The van der Waals surface area contributed by atoms with Gasteiger partial charge in [-0.2, -0.15) is 0 Å². The molecule has 0 saturated heterocycles. The largest absolute Gasteiger partial charge is 0.312 e. The van der Waals surface area contributed by atoms with Crippen LogP contribution in [0.5, 0.6) is 0 Å². The monoisotopic (exact) mass is 225 g/mol. The van der Waals surface area contributed by atoms with Gasteiger partial charge in [-0.1, -0.05) is 19.1 Å². The van der Waals surface area contributed by atoms with Crippen molar-refractivity contribution in [3.8, 4) is 0 Å². The highest BCUT2D eigenvalue weighted by Crippen LogP contribution is 2.22. The van der Waals surface area contributed by atoms with E-state index in [0.29, 0.717) is 5.25 Å². The Hall–Kier alpha value is -0.800. The summed E-state index contributed by atoms with van der Waals surface area (Å²) in [7, 11) is 0. The Bertz CT molecular complexity index is 314. The summed E-state index contributed by atoms with van der Waals surface area (Å²) in [6.45, 7) is 7.46. The summed E-state index contributed by atoms with van der Waals surface area (Å²) in [6, 6.07) is 6.69. The van der Waals surface area contributed by atoms with E-state index in [1.165, 1.54) is 6.07 Å². The van der Waals surface area contributed by atoms with Crippen molar-refractivity contribution in [3.05, 3.63) is 42.7 Å². The molecule has 0 aromatic heterocycles. The van der Waals surface area contributed by atoms with Gasteiger partial charge in [0.2, 0.25) is 0 Å². The van der Waals surface area contributed by atoms with E-state index in [2.05, 4.69) is 18.8 Å². The zero-order chi connectivity index (χ0) is 11.1. The molecule has 82 valence electrons. The van der Waals surface area contributed by atoms with Gasteiger partial charge in [-0.15, -0.1) is 18.3 Å². The third-order valence-electron chi connectivity index (χ3n) is 1.85. The van der Waals surface area contributed by atoms with E-state index in [1.807, 2.05) is 12.1 Å². The van der Waals surface area contributed by atoms with Crippen molar-refractivity contribution in [1.82, 2.24) is 5.32 Å². The van der Waals surface area contributed by atoms with Crippen LogP contribution in [-0.4, -0.2) is 18.3 Å². The molecule has 0 spiro atoms. The maximum absolute atomic E-state index is 12.9. The van der Waals surface area contributed by atoms with Gasteiger partial charge in [0.25, 0.3) is 0 Å². The minimum Gasteiger partial charge on any atom is -0.312 e. The Kier molecular flexibility index (Phi) is 5.43. The smallest absolute Gasteiger partial charge is 0.124 e. The molecule has 1 unspecified atom stereocenters. The molecule has 0 radical (unpaired) electrons. The minimum absolute atomic E-state index is 0.175. The van der Waals surface area contributed by atoms with Crippen LogP contribution < -0.4 is 5.32 Å². The van der Waals surface area contributed by atoms with E-state index >= 15 is 0 Å². The van der Waals surface area contributed by atoms with Crippen LogP contribution in [0.3, 0.4) is 0 Å². The van der Waals surface area contributed by atoms with Gasteiger partial charge in [-0.05, 0) is 18.2 Å². The summed E-state index contributed by atoms with van der Waals surface area (Å²) in [5.41, 5.74) is 0. The van der Waals surface area contributed by atoms with Crippen LogP contribution in [0, 0.1) is 5.82 Å². The number of hydrogen-bond acceptors (Lipinski definition) is 2. The molecule has 0 fully saturated rings. The molecular formula is C12H16FNS. The van der Waals surface area contributed by atoms with E-state index in [9.17, 15) is 4.39 Å². The lowest BCUT2D eigenvalue weighted by Gasteiger charge is -2.11. The van der Waals surface area contributed by atoms with Crippen molar-refractivity contribution in [2.45, 2.75) is 17.1 Å². The van der Waals surface area contributed by atoms with Crippen LogP contribution in [0.2, 0.25) is 0 Å². The summed E-state index contributed by atoms with van der Waals surface area (Å²) in [4.78, 5) is 0.975. The average Bonchev–Trinajstić information content (AvgIpc) is 2.18. The van der Waals surface area contributed by atoms with E-state index in [0.717, 1.165) is 18.0 Å². The molecule has 0 amide bonds. The van der Waals surface area contributed by atoms with Crippen LogP contribution in [0.4, 0.5) is 4.39 Å². The van der Waals surface area contributed by atoms with Crippen molar-refractivity contribution in [1.29, 1.82) is 0 Å². The van der Waals surface area contributed by atoms with Gasteiger partial charge >= 0.3 is 0 Å². The highest BCUT2D eigenvalue weighted by Gasteiger charge is 2.03. The Balaban J connectivity index is 2.37. The lowest BCUT2D eigenvalue weighted by Crippen LogP contribution is -2.22. The number of nitrogens with one attached hydrogen (secondary N) is 1. The molecular weight excluding hydrogens is 209 g/mol. The predicted molar refractivity (Wildman–Crippen MR) is 64.8 cm³/mol. The molecule has 0 bridgehead atoms. The van der Waals surface area contributed by atoms with Crippen LogP contribution >= 0.6 is 11.8 Å². The van der Waals surface area contributed by atoms with E-state index in [-0.39, 0.29) is 5.82 Å². The molecule has 1 atom stereocenters. The molecule has 15 heavy (non-hydrogen) atoms. The number of benzene rings is 1. The molecule has 1 N–H and O–H groups in total. The van der Waals surface area contributed by atoms with Gasteiger partial charge in [0.15, 0.2) is 0 Å². The maximum atomic E-state index is 12.9. The van der Waals surface area contributed by atoms with Crippen molar-refractivity contribution in [2.75, 3.05) is 13.1 Å². The summed E-state index contributed by atoms with van der Waals surface area (Å²) in [5, 5.41) is 3.66. The zero-order valence-corrected chi connectivity index (χ0v) is 9.69. The molecule has 3 heteroatoms. The fourth-order valence-electron chi connectivity index (χ4n) is 1.20. The molecule has 0 aliphatic heterocycles. The number of halogens is 1. The van der Waals surface area contributed by atoms with Gasteiger partial charge in [0.05, 0.1) is 0 Å².